The topological polar surface area (TPSA) is 105 Å². The van der Waals surface area contributed by atoms with E-state index in [1.807, 2.05) is 6.07 Å². The summed E-state index contributed by atoms with van der Waals surface area (Å²) >= 11 is 0. The van der Waals surface area contributed by atoms with Crippen LogP contribution in [-0.2, 0) is 34.7 Å². The van der Waals surface area contributed by atoms with E-state index >= 15 is 0 Å². The third-order valence-electron chi connectivity index (χ3n) is 6.08. The van der Waals surface area contributed by atoms with E-state index in [1.54, 1.807) is 35.4 Å². The Kier molecular flexibility index (Phi) is 6.66. The summed E-state index contributed by atoms with van der Waals surface area (Å²) in [6, 6.07) is 13.0. The second kappa shape index (κ2) is 9.93. The lowest BCUT2D eigenvalue weighted by Crippen LogP contribution is -2.36. The minimum Gasteiger partial charge on any atom is -0.457 e. The zero-order valence-corrected chi connectivity index (χ0v) is 20.6. The number of nitrogens with one attached hydrogen (secondary N) is 1. The number of nitrogens with zero attached hydrogens (tertiary/aromatic N) is 3. The Hall–Kier alpha value is -4.19. The number of carbonyl (C=O) groups is 1. The fourth-order valence-electron chi connectivity index (χ4n) is 4.19. The van der Waals surface area contributed by atoms with Gasteiger partial charge in [-0.1, -0.05) is 18.2 Å². The van der Waals surface area contributed by atoms with Crippen molar-refractivity contribution in [2.75, 3.05) is 6.54 Å². The van der Waals surface area contributed by atoms with Gasteiger partial charge in [0.1, 0.15) is 17.2 Å². The Labute approximate surface area is 216 Å². The maximum atomic E-state index is 13.1. The molecule has 0 saturated heterocycles. The molecule has 38 heavy (non-hydrogen) atoms. The highest BCUT2D eigenvalue weighted by atomic mass is 32.2. The molecule has 3 heterocycles. The number of halogens is 3. The van der Waals surface area contributed by atoms with Crippen molar-refractivity contribution in [2.24, 2.45) is 0 Å². The lowest BCUT2D eigenvalue weighted by molar-refractivity contribution is -0.137. The third kappa shape index (κ3) is 5.40. The van der Waals surface area contributed by atoms with E-state index < -0.39 is 27.5 Å². The van der Waals surface area contributed by atoms with Crippen LogP contribution in [0.1, 0.15) is 32.7 Å². The van der Waals surface area contributed by atoms with Gasteiger partial charge < -0.3 is 14.6 Å². The highest BCUT2D eigenvalue weighted by molar-refractivity contribution is 7.90. The lowest BCUT2D eigenvalue weighted by Gasteiger charge is -2.29. The van der Waals surface area contributed by atoms with Crippen molar-refractivity contribution in [3.05, 3.63) is 101 Å². The number of aromatic nitrogens is 3. The quantitative estimate of drug-likeness (QED) is 0.376. The number of ether oxygens (including phenoxy) is 1. The molecule has 0 aliphatic carbocycles. The van der Waals surface area contributed by atoms with Crippen molar-refractivity contribution in [3.8, 4) is 11.5 Å². The van der Waals surface area contributed by atoms with Crippen LogP contribution < -0.4 is 4.74 Å². The van der Waals surface area contributed by atoms with Crippen molar-refractivity contribution >= 4 is 15.7 Å². The van der Waals surface area contributed by atoms with E-state index in [2.05, 4.69) is 15.0 Å². The Bertz CT molecular complexity index is 1570. The van der Waals surface area contributed by atoms with Crippen LogP contribution >= 0.6 is 0 Å². The molecule has 0 bridgehead atoms. The molecule has 0 spiro atoms. The summed E-state index contributed by atoms with van der Waals surface area (Å²) in [4.78, 5) is 25.2. The van der Waals surface area contributed by atoms with E-state index in [4.69, 9.17) is 4.74 Å². The van der Waals surface area contributed by atoms with E-state index in [0.717, 1.165) is 23.3 Å². The van der Waals surface area contributed by atoms with E-state index in [0.29, 0.717) is 24.3 Å². The number of benzene rings is 2. The van der Waals surface area contributed by atoms with Gasteiger partial charge in [-0.2, -0.15) is 13.2 Å². The number of hydrogen-bond acceptors (Lipinski definition) is 6. The van der Waals surface area contributed by atoms with Gasteiger partial charge in [-0.3, -0.25) is 9.78 Å². The number of H-pyrrole nitrogens is 1. The highest BCUT2D eigenvalue weighted by Crippen LogP contribution is 2.34. The number of imidazole rings is 1. The minimum atomic E-state index is -4.43. The van der Waals surface area contributed by atoms with Gasteiger partial charge >= 0.3 is 6.18 Å². The average molecular weight is 543 g/mol. The van der Waals surface area contributed by atoms with Crippen LogP contribution in [0.5, 0.6) is 11.5 Å². The standard InChI is InChI=1S/C26H21F3N4O4S/c27-26(28,29)19-6-8-20(9-7-19)37-23-5-1-4-18-15-33(12-10-21(18)23)24(34)22-14-31-25(32-22)38(35,36)16-17-3-2-11-30-13-17/h1-9,11,13-14H,10,12,15-16H2,(H,31,32). The number of aromatic amines is 1. The van der Waals surface area contributed by atoms with Crippen molar-refractivity contribution in [2.45, 2.75) is 30.1 Å². The highest BCUT2D eigenvalue weighted by Gasteiger charge is 2.30. The van der Waals surface area contributed by atoms with Gasteiger partial charge in [0.15, 0.2) is 0 Å². The molecule has 0 saturated carbocycles. The van der Waals surface area contributed by atoms with Crippen molar-refractivity contribution in [1.82, 2.24) is 19.9 Å². The molecule has 1 amide bonds. The molecule has 1 aliphatic heterocycles. The van der Waals surface area contributed by atoms with Crippen molar-refractivity contribution < 1.29 is 31.1 Å². The fraction of sp³-hybridized carbons (Fsp3) is 0.192. The molecular weight excluding hydrogens is 521 g/mol. The van der Waals surface area contributed by atoms with Gasteiger partial charge in [0.2, 0.25) is 15.0 Å². The molecule has 2 aromatic heterocycles. The fourth-order valence-corrected chi connectivity index (χ4v) is 5.42. The molecule has 2 aromatic carbocycles. The summed E-state index contributed by atoms with van der Waals surface area (Å²) < 4.78 is 69.8. The van der Waals surface area contributed by atoms with Gasteiger partial charge in [0.05, 0.1) is 17.5 Å². The van der Waals surface area contributed by atoms with E-state index in [-0.39, 0.29) is 28.9 Å². The summed E-state index contributed by atoms with van der Waals surface area (Å²) in [5.41, 5.74) is 1.45. The first-order valence-electron chi connectivity index (χ1n) is 11.5. The molecule has 8 nitrogen and oxygen atoms in total. The van der Waals surface area contributed by atoms with Crippen LogP contribution in [0.2, 0.25) is 0 Å². The largest absolute Gasteiger partial charge is 0.457 e. The van der Waals surface area contributed by atoms with Gasteiger partial charge in [0, 0.05) is 31.0 Å². The van der Waals surface area contributed by atoms with Crippen molar-refractivity contribution in [1.29, 1.82) is 0 Å². The summed E-state index contributed by atoms with van der Waals surface area (Å²) in [6.45, 7) is 0.575. The summed E-state index contributed by atoms with van der Waals surface area (Å²) in [5.74, 6) is 0.0583. The molecule has 1 N–H and O–H groups in total. The van der Waals surface area contributed by atoms with Crippen molar-refractivity contribution in [3.63, 3.8) is 0 Å². The molecule has 196 valence electrons. The first kappa shape index (κ1) is 25.5. The molecule has 1 aliphatic rings. The smallest absolute Gasteiger partial charge is 0.416 e. The Morgan fingerprint density at radius 1 is 1.05 bits per heavy atom. The number of carbonyl (C=O) groups excluding carboxylic acids is 1. The summed E-state index contributed by atoms with van der Waals surface area (Å²) in [5, 5.41) is -0.297. The Morgan fingerprint density at radius 2 is 1.84 bits per heavy atom. The van der Waals surface area contributed by atoms with Gasteiger partial charge in [0.25, 0.3) is 5.91 Å². The second-order valence-electron chi connectivity index (χ2n) is 8.72. The summed E-state index contributed by atoms with van der Waals surface area (Å²) in [7, 11) is -3.81. The zero-order chi connectivity index (χ0) is 26.9. The van der Waals surface area contributed by atoms with Gasteiger partial charge in [-0.15, -0.1) is 0 Å². The molecular formula is C26H21F3N4O4S. The molecule has 0 atom stereocenters. The molecule has 0 unspecified atom stereocenters. The lowest BCUT2D eigenvalue weighted by atomic mass is 9.98. The molecule has 12 heteroatoms. The molecule has 0 radical (unpaired) electrons. The number of sulfone groups is 1. The Morgan fingerprint density at radius 3 is 2.55 bits per heavy atom. The van der Waals surface area contributed by atoms with Crippen LogP contribution in [0.4, 0.5) is 13.2 Å². The molecule has 0 fully saturated rings. The Balaban J connectivity index is 1.29. The predicted molar refractivity (Wildman–Crippen MR) is 130 cm³/mol. The predicted octanol–water partition coefficient (Wildman–Crippen LogP) is 4.79. The number of hydrogen-bond donors (Lipinski definition) is 1. The van der Waals surface area contributed by atoms with Gasteiger partial charge in [-0.05, 0) is 53.9 Å². The normalized spacial score (nSPS) is 13.7. The molecule has 5 rings (SSSR count). The maximum absolute atomic E-state index is 13.1. The van der Waals surface area contributed by atoms with E-state index in [1.165, 1.54) is 24.5 Å². The zero-order valence-electron chi connectivity index (χ0n) is 19.8. The number of pyridine rings is 1. The monoisotopic (exact) mass is 542 g/mol. The number of fused-ring (bicyclic) bond motifs is 1. The van der Waals surface area contributed by atoms with Crippen LogP contribution in [0.25, 0.3) is 0 Å². The first-order chi connectivity index (χ1) is 18.1. The van der Waals surface area contributed by atoms with Crippen LogP contribution in [0.3, 0.4) is 0 Å². The molecule has 4 aromatic rings. The maximum Gasteiger partial charge on any atom is 0.416 e. The number of alkyl halides is 3. The van der Waals surface area contributed by atoms with E-state index in [9.17, 15) is 26.4 Å². The van der Waals surface area contributed by atoms with Gasteiger partial charge in [-0.25, -0.2) is 13.4 Å². The average Bonchev–Trinajstić information content (AvgIpc) is 3.40. The number of amides is 1. The third-order valence-corrected chi connectivity index (χ3v) is 7.59. The van der Waals surface area contributed by atoms with Crippen LogP contribution in [-0.4, -0.2) is 40.7 Å². The summed E-state index contributed by atoms with van der Waals surface area (Å²) in [6.07, 6.45) is 0.212. The minimum absolute atomic E-state index is 0.0513. The first-order valence-corrected chi connectivity index (χ1v) is 13.2. The second-order valence-corrected chi connectivity index (χ2v) is 10.6. The number of rotatable bonds is 6. The van der Waals surface area contributed by atoms with Crippen LogP contribution in [0, 0.1) is 0 Å². The SMILES string of the molecule is O=C(c1cnc(S(=O)(=O)Cc2cccnc2)[nH]1)N1CCc2c(cccc2Oc2ccc(C(F)(F)F)cc2)C1. The van der Waals surface area contributed by atoms with Crippen LogP contribution in [0.15, 0.2) is 78.3 Å².